The standard InChI is InChI=1S/C16H13F3N4O/c17-16(18,19)8-24-15-10(2-1-5-22-15)11-6-13(9-3-4-9)23-14(21)12(11)7-20/h1-2,5-6,9H,3-4,8H2,(H2,21,23). The lowest BCUT2D eigenvalue weighted by Gasteiger charge is -2.14. The molecular weight excluding hydrogens is 321 g/mol. The van der Waals surface area contributed by atoms with Crippen LogP contribution in [0.3, 0.4) is 0 Å². The smallest absolute Gasteiger partial charge is 0.422 e. The lowest BCUT2D eigenvalue weighted by Crippen LogP contribution is -2.20. The fraction of sp³-hybridized carbons (Fsp3) is 0.312. The van der Waals surface area contributed by atoms with Crippen LogP contribution >= 0.6 is 0 Å². The van der Waals surface area contributed by atoms with Crippen LogP contribution in [-0.4, -0.2) is 22.8 Å². The SMILES string of the molecule is N#Cc1c(-c2cccnc2OCC(F)(F)F)cc(C2CC2)nc1N. The highest BCUT2D eigenvalue weighted by Gasteiger charge is 2.30. The van der Waals surface area contributed by atoms with Crippen LogP contribution in [0.4, 0.5) is 19.0 Å². The first-order valence-corrected chi connectivity index (χ1v) is 7.24. The van der Waals surface area contributed by atoms with E-state index in [2.05, 4.69) is 9.97 Å². The van der Waals surface area contributed by atoms with E-state index in [-0.39, 0.29) is 28.7 Å². The molecular formula is C16H13F3N4O. The molecule has 3 rings (SSSR count). The van der Waals surface area contributed by atoms with E-state index in [9.17, 15) is 18.4 Å². The Morgan fingerprint density at radius 3 is 2.71 bits per heavy atom. The van der Waals surface area contributed by atoms with Crippen molar-refractivity contribution in [3.8, 4) is 23.1 Å². The van der Waals surface area contributed by atoms with Gasteiger partial charge in [0, 0.05) is 28.9 Å². The average molecular weight is 334 g/mol. The van der Waals surface area contributed by atoms with Crippen LogP contribution in [0.25, 0.3) is 11.1 Å². The summed E-state index contributed by atoms with van der Waals surface area (Å²) in [5.74, 6) is 0.135. The minimum Gasteiger partial charge on any atom is -0.468 e. The van der Waals surface area contributed by atoms with E-state index in [1.165, 1.54) is 6.20 Å². The number of ether oxygens (including phenoxy) is 1. The van der Waals surface area contributed by atoms with Gasteiger partial charge in [0.25, 0.3) is 0 Å². The predicted octanol–water partition coefficient (Wildman–Crippen LogP) is 3.42. The molecule has 0 aliphatic heterocycles. The Morgan fingerprint density at radius 1 is 1.33 bits per heavy atom. The highest BCUT2D eigenvalue weighted by molar-refractivity contribution is 5.78. The van der Waals surface area contributed by atoms with Crippen LogP contribution in [0, 0.1) is 11.3 Å². The summed E-state index contributed by atoms with van der Waals surface area (Å²) >= 11 is 0. The summed E-state index contributed by atoms with van der Waals surface area (Å²) in [5.41, 5.74) is 7.36. The van der Waals surface area contributed by atoms with E-state index in [4.69, 9.17) is 10.5 Å². The maximum absolute atomic E-state index is 12.4. The normalized spacial score (nSPS) is 14.2. The molecule has 0 bridgehead atoms. The number of pyridine rings is 2. The molecule has 0 unspecified atom stereocenters. The Bertz CT molecular complexity index is 810. The van der Waals surface area contributed by atoms with Gasteiger partial charge < -0.3 is 10.5 Å². The Kier molecular flexibility index (Phi) is 4.01. The first-order valence-electron chi connectivity index (χ1n) is 7.24. The van der Waals surface area contributed by atoms with Crippen molar-refractivity contribution in [2.75, 3.05) is 12.3 Å². The van der Waals surface area contributed by atoms with Gasteiger partial charge in [0.15, 0.2) is 6.61 Å². The number of anilines is 1. The first kappa shape index (κ1) is 16.1. The van der Waals surface area contributed by atoms with Crippen molar-refractivity contribution < 1.29 is 17.9 Å². The van der Waals surface area contributed by atoms with Gasteiger partial charge in [0.1, 0.15) is 17.5 Å². The van der Waals surface area contributed by atoms with E-state index >= 15 is 0 Å². The lowest BCUT2D eigenvalue weighted by atomic mass is 10.00. The Morgan fingerprint density at radius 2 is 2.08 bits per heavy atom. The van der Waals surface area contributed by atoms with Crippen molar-refractivity contribution in [3.63, 3.8) is 0 Å². The maximum Gasteiger partial charge on any atom is 0.422 e. The summed E-state index contributed by atoms with van der Waals surface area (Å²) in [7, 11) is 0. The molecule has 0 amide bonds. The number of hydrogen-bond acceptors (Lipinski definition) is 5. The van der Waals surface area contributed by atoms with E-state index < -0.39 is 12.8 Å². The molecule has 1 aliphatic carbocycles. The van der Waals surface area contributed by atoms with Crippen molar-refractivity contribution >= 4 is 5.82 Å². The topological polar surface area (TPSA) is 84.8 Å². The van der Waals surface area contributed by atoms with Gasteiger partial charge in [-0.25, -0.2) is 9.97 Å². The molecule has 8 heteroatoms. The van der Waals surface area contributed by atoms with Gasteiger partial charge in [0.2, 0.25) is 5.88 Å². The van der Waals surface area contributed by atoms with Crippen LogP contribution in [-0.2, 0) is 0 Å². The average Bonchev–Trinajstić information content (AvgIpc) is 3.36. The molecule has 24 heavy (non-hydrogen) atoms. The third kappa shape index (κ3) is 3.40. The molecule has 5 nitrogen and oxygen atoms in total. The van der Waals surface area contributed by atoms with Crippen molar-refractivity contribution in [2.45, 2.75) is 24.9 Å². The number of aromatic nitrogens is 2. The van der Waals surface area contributed by atoms with E-state index in [1.54, 1.807) is 18.2 Å². The molecule has 1 saturated carbocycles. The number of nitrogens with zero attached hydrogens (tertiary/aromatic N) is 3. The monoisotopic (exact) mass is 334 g/mol. The maximum atomic E-state index is 12.4. The highest BCUT2D eigenvalue weighted by Crippen LogP contribution is 2.42. The Labute approximate surface area is 135 Å². The number of hydrogen-bond donors (Lipinski definition) is 1. The fourth-order valence-electron chi connectivity index (χ4n) is 2.36. The third-order valence-electron chi connectivity index (χ3n) is 3.61. The van der Waals surface area contributed by atoms with Crippen LogP contribution in [0.1, 0.15) is 30.0 Å². The quantitative estimate of drug-likeness (QED) is 0.926. The Balaban J connectivity index is 2.07. The van der Waals surface area contributed by atoms with E-state index in [0.29, 0.717) is 5.56 Å². The third-order valence-corrected chi connectivity index (χ3v) is 3.61. The van der Waals surface area contributed by atoms with Crippen molar-refractivity contribution in [2.24, 2.45) is 0 Å². The van der Waals surface area contributed by atoms with Gasteiger partial charge in [-0.05, 0) is 31.0 Å². The number of nitriles is 1. The molecule has 0 radical (unpaired) electrons. The van der Waals surface area contributed by atoms with Crippen molar-refractivity contribution in [1.82, 2.24) is 9.97 Å². The molecule has 2 heterocycles. The second kappa shape index (κ2) is 6.00. The van der Waals surface area contributed by atoms with Crippen molar-refractivity contribution in [3.05, 3.63) is 35.7 Å². The van der Waals surface area contributed by atoms with Gasteiger partial charge in [0.05, 0.1) is 0 Å². The zero-order chi connectivity index (χ0) is 17.3. The predicted molar refractivity (Wildman–Crippen MR) is 80.1 cm³/mol. The molecule has 2 aromatic rings. The molecule has 2 N–H and O–H groups in total. The van der Waals surface area contributed by atoms with Gasteiger partial charge in [-0.2, -0.15) is 18.4 Å². The minimum absolute atomic E-state index is 0.0579. The molecule has 1 fully saturated rings. The van der Waals surface area contributed by atoms with Gasteiger partial charge in [-0.15, -0.1) is 0 Å². The molecule has 0 aromatic carbocycles. The fourth-order valence-corrected chi connectivity index (χ4v) is 2.36. The summed E-state index contributed by atoms with van der Waals surface area (Å²) in [6.07, 6.45) is -1.21. The number of rotatable bonds is 4. The molecule has 1 aliphatic rings. The second-order valence-corrected chi connectivity index (χ2v) is 5.50. The Hall–Kier alpha value is -2.82. The van der Waals surface area contributed by atoms with Crippen LogP contribution in [0.2, 0.25) is 0 Å². The molecule has 0 spiro atoms. The van der Waals surface area contributed by atoms with Crippen LogP contribution < -0.4 is 10.5 Å². The summed E-state index contributed by atoms with van der Waals surface area (Å²) in [6, 6.07) is 6.75. The van der Waals surface area contributed by atoms with Gasteiger partial charge in [-0.1, -0.05) is 0 Å². The van der Waals surface area contributed by atoms with Gasteiger partial charge >= 0.3 is 6.18 Å². The molecule has 2 aromatic heterocycles. The van der Waals surface area contributed by atoms with Crippen molar-refractivity contribution in [1.29, 1.82) is 5.26 Å². The summed E-state index contributed by atoms with van der Waals surface area (Å²) in [6.45, 7) is -1.46. The molecule has 124 valence electrons. The number of alkyl halides is 3. The summed E-state index contributed by atoms with van der Waals surface area (Å²) < 4.78 is 42.1. The number of nitrogens with two attached hydrogens (primary N) is 1. The van der Waals surface area contributed by atoms with E-state index in [1.807, 2.05) is 6.07 Å². The molecule has 0 saturated heterocycles. The largest absolute Gasteiger partial charge is 0.468 e. The van der Waals surface area contributed by atoms with Crippen LogP contribution in [0.15, 0.2) is 24.4 Å². The van der Waals surface area contributed by atoms with E-state index in [0.717, 1.165) is 18.5 Å². The lowest BCUT2D eigenvalue weighted by molar-refractivity contribution is -0.154. The zero-order valence-corrected chi connectivity index (χ0v) is 12.5. The number of nitrogen functional groups attached to an aromatic ring is 1. The summed E-state index contributed by atoms with van der Waals surface area (Å²) in [4.78, 5) is 8.08. The second-order valence-electron chi connectivity index (χ2n) is 5.50. The zero-order valence-electron chi connectivity index (χ0n) is 12.5. The number of halogens is 3. The van der Waals surface area contributed by atoms with Crippen LogP contribution in [0.5, 0.6) is 5.88 Å². The molecule has 0 atom stereocenters. The minimum atomic E-state index is -4.48. The van der Waals surface area contributed by atoms with Gasteiger partial charge in [-0.3, -0.25) is 0 Å². The first-order chi connectivity index (χ1) is 11.4. The summed E-state index contributed by atoms with van der Waals surface area (Å²) in [5, 5.41) is 9.34. The highest BCUT2D eigenvalue weighted by atomic mass is 19.4.